The van der Waals surface area contributed by atoms with E-state index in [0.717, 1.165) is 23.6 Å². The summed E-state index contributed by atoms with van der Waals surface area (Å²) in [6, 6.07) is 11.4. The summed E-state index contributed by atoms with van der Waals surface area (Å²) >= 11 is 0. The maximum Gasteiger partial charge on any atom is 0.339 e. The van der Waals surface area contributed by atoms with Crippen molar-refractivity contribution < 1.29 is 14.6 Å². The molecular weight excluding hydrogens is 300 g/mol. The van der Waals surface area contributed by atoms with Gasteiger partial charge < -0.3 is 9.84 Å². The molecule has 128 valence electrons. The molecule has 0 heterocycles. The van der Waals surface area contributed by atoms with Crippen LogP contribution in [-0.4, -0.2) is 17.2 Å². The van der Waals surface area contributed by atoms with E-state index < -0.39 is 5.97 Å². The van der Waals surface area contributed by atoms with E-state index in [4.69, 9.17) is 4.74 Å². The Balaban J connectivity index is 2.04. The zero-order valence-corrected chi connectivity index (χ0v) is 14.7. The first-order valence-electron chi connectivity index (χ1n) is 8.89. The van der Waals surface area contributed by atoms with Gasteiger partial charge in [0, 0.05) is 5.39 Å². The Morgan fingerprint density at radius 3 is 2.62 bits per heavy atom. The zero-order valence-electron chi connectivity index (χ0n) is 14.7. The molecule has 3 nitrogen and oxygen atoms in total. The molecule has 1 saturated carbocycles. The van der Waals surface area contributed by atoms with E-state index in [-0.39, 0.29) is 11.7 Å². The lowest BCUT2D eigenvalue weighted by Crippen LogP contribution is -2.36. The maximum absolute atomic E-state index is 11.7. The number of fused-ring (bicyclic) bond motifs is 1. The fraction of sp³-hybridized carbons (Fsp3) is 0.476. The molecule has 0 bridgehead atoms. The average molecular weight is 326 g/mol. The fourth-order valence-electron chi connectivity index (χ4n) is 3.94. The van der Waals surface area contributed by atoms with Gasteiger partial charge in [-0.25, -0.2) is 4.79 Å². The van der Waals surface area contributed by atoms with E-state index in [0.29, 0.717) is 23.5 Å². The molecule has 2 aromatic carbocycles. The molecule has 1 aliphatic rings. The summed E-state index contributed by atoms with van der Waals surface area (Å²) in [6.07, 6.45) is 3.45. The van der Waals surface area contributed by atoms with Crippen LogP contribution in [0, 0.1) is 17.8 Å². The van der Waals surface area contributed by atoms with Gasteiger partial charge >= 0.3 is 5.97 Å². The highest BCUT2D eigenvalue weighted by Crippen LogP contribution is 2.39. The van der Waals surface area contributed by atoms with Crippen LogP contribution in [0.4, 0.5) is 0 Å². The SMILES string of the molecule is CC1CCC(C(C)C)C(Oc2c(C(=O)O)ccc3ccccc23)C1. The Labute approximate surface area is 143 Å². The fourth-order valence-corrected chi connectivity index (χ4v) is 3.94. The number of ether oxygens (including phenoxy) is 1. The van der Waals surface area contributed by atoms with Crippen LogP contribution in [0.1, 0.15) is 50.4 Å². The third-order valence-electron chi connectivity index (χ3n) is 5.34. The van der Waals surface area contributed by atoms with Crippen LogP contribution < -0.4 is 4.74 Å². The van der Waals surface area contributed by atoms with Crippen LogP contribution in [0.15, 0.2) is 36.4 Å². The van der Waals surface area contributed by atoms with Gasteiger partial charge in [0.2, 0.25) is 0 Å². The van der Waals surface area contributed by atoms with Gasteiger partial charge in [0.15, 0.2) is 0 Å². The molecule has 0 saturated heterocycles. The molecule has 0 amide bonds. The second-order valence-electron chi connectivity index (χ2n) is 7.45. The number of carboxylic acids is 1. The van der Waals surface area contributed by atoms with Crippen molar-refractivity contribution >= 4 is 16.7 Å². The summed E-state index contributed by atoms with van der Waals surface area (Å²) in [7, 11) is 0. The minimum absolute atomic E-state index is 0.0812. The van der Waals surface area contributed by atoms with Crippen molar-refractivity contribution in [3.8, 4) is 5.75 Å². The molecule has 3 atom stereocenters. The highest BCUT2D eigenvalue weighted by molar-refractivity contribution is 6.00. The molecule has 3 unspecified atom stereocenters. The summed E-state index contributed by atoms with van der Waals surface area (Å²) in [5, 5.41) is 11.5. The van der Waals surface area contributed by atoms with Crippen LogP contribution in [0.25, 0.3) is 10.8 Å². The maximum atomic E-state index is 11.7. The van der Waals surface area contributed by atoms with Gasteiger partial charge in [0.1, 0.15) is 17.4 Å². The van der Waals surface area contributed by atoms with Crippen molar-refractivity contribution in [3.05, 3.63) is 42.0 Å². The van der Waals surface area contributed by atoms with Gasteiger partial charge in [-0.2, -0.15) is 0 Å². The molecule has 3 rings (SSSR count). The van der Waals surface area contributed by atoms with Crippen molar-refractivity contribution in [3.63, 3.8) is 0 Å². The summed E-state index contributed by atoms with van der Waals surface area (Å²) in [5.41, 5.74) is 0.259. The Bertz CT molecular complexity index is 735. The third kappa shape index (κ3) is 3.26. The van der Waals surface area contributed by atoms with Crippen molar-refractivity contribution in [2.45, 2.75) is 46.1 Å². The monoisotopic (exact) mass is 326 g/mol. The molecule has 3 heteroatoms. The second-order valence-corrected chi connectivity index (χ2v) is 7.45. The largest absolute Gasteiger partial charge is 0.489 e. The summed E-state index contributed by atoms with van der Waals surface area (Å²) < 4.78 is 6.42. The van der Waals surface area contributed by atoms with Crippen molar-refractivity contribution in [2.24, 2.45) is 17.8 Å². The number of carbonyl (C=O) groups is 1. The van der Waals surface area contributed by atoms with Crippen molar-refractivity contribution in [2.75, 3.05) is 0 Å². The molecule has 1 N–H and O–H groups in total. The van der Waals surface area contributed by atoms with Gasteiger partial charge in [-0.05, 0) is 42.0 Å². The molecule has 2 aromatic rings. The topological polar surface area (TPSA) is 46.5 Å². The standard InChI is InChI=1S/C21H26O3/c1-13(2)16-10-8-14(3)12-19(16)24-20-17-7-5-4-6-15(17)9-11-18(20)21(22)23/h4-7,9,11,13-14,16,19H,8,10,12H2,1-3H3,(H,22,23). The van der Waals surface area contributed by atoms with Gasteiger partial charge in [-0.1, -0.05) is 57.5 Å². The second kappa shape index (κ2) is 6.84. The Morgan fingerprint density at radius 2 is 1.92 bits per heavy atom. The average Bonchev–Trinajstić information content (AvgIpc) is 2.54. The van der Waals surface area contributed by atoms with Crippen molar-refractivity contribution in [1.82, 2.24) is 0 Å². The Hall–Kier alpha value is -2.03. The van der Waals surface area contributed by atoms with E-state index in [2.05, 4.69) is 20.8 Å². The van der Waals surface area contributed by atoms with Gasteiger partial charge in [-0.3, -0.25) is 0 Å². The smallest absolute Gasteiger partial charge is 0.339 e. The molecule has 0 radical (unpaired) electrons. The first-order valence-corrected chi connectivity index (χ1v) is 8.89. The minimum atomic E-state index is -0.930. The van der Waals surface area contributed by atoms with Crippen LogP contribution in [-0.2, 0) is 0 Å². The van der Waals surface area contributed by atoms with E-state index in [1.165, 1.54) is 6.42 Å². The molecule has 0 spiro atoms. The van der Waals surface area contributed by atoms with E-state index >= 15 is 0 Å². The van der Waals surface area contributed by atoms with E-state index in [9.17, 15) is 9.90 Å². The number of benzene rings is 2. The Kier molecular flexibility index (Phi) is 4.79. The molecule has 0 aromatic heterocycles. The normalized spacial score (nSPS) is 24.2. The van der Waals surface area contributed by atoms with Crippen LogP contribution >= 0.6 is 0 Å². The lowest BCUT2D eigenvalue weighted by molar-refractivity contribution is 0.0448. The third-order valence-corrected chi connectivity index (χ3v) is 5.34. The summed E-state index contributed by atoms with van der Waals surface area (Å²) in [6.45, 7) is 6.73. The zero-order chi connectivity index (χ0) is 17.3. The summed E-state index contributed by atoms with van der Waals surface area (Å²) in [4.78, 5) is 11.7. The lowest BCUT2D eigenvalue weighted by Gasteiger charge is -2.37. The number of hydrogen-bond acceptors (Lipinski definition) is 2. The first-order chi connectivity index (χ1) is 11.5. The molecule has 1 aliphatic carbocycles. The number of rotatable bonds is 4. The highest BCUT2D eigenvalue weighted by Gasteiger charge is 2.33. The first kappa shape index (κ1) is 16.8. The molecule has 24 heavy (non-hydrogen) atoms. The lowest BCUT2D eigenvalue weighted by atomic mass is 9.75. The van der Waals surface area contributed by atoms with Crippen LogP contribution in [0.5, 0.6) is 5.75 Å². The number of carboxylic acid groups (broad SMARTS) is 1. The predicted octanol–water partition coefficient (Wildman–Crippen LogP) is 5.38. The molecule has 1 fully saturated rings. The summed E-state index contributed by atoms with van der Waals surface area (Å²) in [5.74, 6) is 1.23. The van der Waals surface area contributed by atoms with Gasteiger partial charge in [0.25, 0.3) is 0 Å². The van der Waals surface area contributed by atoms with E-state index in [1.54, 1.807) is 6.07 Å². The van der Waals surface area contributed by atoms with E-state index in [1.807, 2.05) is 30.3 Å². The van der Waals surface area contributed by atoms with Crippen molar-refractivity contribution in [1.29, 1.82) is 0 Å². The van der Waals surface area contributed by atoms with Crippen LogP contribution in [0.2, 0.25) is 0 Å². The molecular formula is C21H26O3. The van der Waals surface area contributed by atoms with Gasteiger partial charge in [-0.15, -0.1) is 0 Å². The highest BCUT2D eigenvalue weighted by atomic mass is 16.5. The molecule has 0 aliphatic heterocycles. The number of hydrogen-bond donors (Lipinski definition) is 1. The predicted molar refractivity (Wildman–Crippen MR) is 96.7 cm³/mol. The minimum Gasteiger partial charge on any atom is -0.489 e. The quantitative estimate of drug-likeness (QED) is 0.820. The van der Waals surface area contributed by atoms with Crippen LogP contribution in [0.3, 0.4) is 0 Å². The van der Waals surface area contributed by atoms with Gasteiger partial charge in [0.05, 0.1) is 0 Å². The Morgan fingerprint density at radius 1 is 1.17 bits per heavy atom. The number of aromatic carboxylic acids is 1.